The standard InChI is InChI=1S/C21H18N4O5/c1-12-4-2-7-15-18(12)23-16(24-19(15)27)11-30-20(28)14-6-3-5-13(8-14)10-25-17(26)9-22-21(25)29/h2-8H,9-11H2,1H3,(H,22,29)(H,23,24,27). The molecule has 1 fully saturated rings. The molecule has 0 spiro atoms. The molecule has 9 heteroatoms. The van der Waals surface area contributed by atoms with Crippen molar-refractivity contribution in [3.8, 4) is 0 Å². The molecule has 0 bridgehead atoms. The average molecular weight is 406 g/mol. The van der Waals surface area contributed by atoms with Crippen molar-refractivity contribution >= 4 is 28.8 Å². The number of aromatic nitrogens is 2. The summed E-state index contributed by atoms with van der Waals surface area (Å²) in [5, 5.41) is 2.92. The number of rotatable bonds is 5. The Morgan fingerprint density at radius 1 is 1.17 bits per heavy atom. The van der Waals surface area contributed by atoms with E-state index in [0.717, 1.165) is 10.5 Å². The van der Waals surface area contributed by atoms with Crippen LogP contribution in [0.15, 0.2) is 47.3 Å². The van der Waals surface area contributed by atoms with Crippen LogP contribution in [-0.4, -0.2) is 39.3 Å². The van der Waals surface area contributed by atoms with E-state index in [4.69, 9.17) is 4.74 Å². The summed E-state index contributed by atoms with van der Waals surface area (Å²) < 4.78 is 5.29. The largest absolute Gasteiger partial charge is 0.454 e. The van der Waals surface area contributed by atoms with E-state index in [1.807, 2.05) is 13.0 Å². The van der Waals surface area contributed by atoms with Gasteiger partial charge in [0, 0.05) is 0 Å². The van der Waals surface area contributed by atoms with Gasteiger partial charge in [0.1, 0.15) is 12.4 Å². The van der Waals surface area contributed by atoms with Crippen LogP contribution in [0.5, 0.6) is 0 Å². The first-order chi connectivity index (χ1) is 14.4. The summed E-state index contributed by atoms with van der Waals surface area (Å²) in [5.41, 5.74) is 1.98. The van der Waals surface area contributed by atoms with Gasteiger partial charge in [0.2, 0.25) is 5.91 Å². The summed E-state index contributed by atoms with van der Waals surface area (Å²) >= 11 is 0. The van der Waals surface area contributed by atoms with E-state index in [2.05, 4.69) is 15.3 Å². The third-order valence-corrected chi connectivity index (χ3v) is 4.77. The number of urea groups is 1. The first-order valence-corrected chi connectivity index (χ1v) is 9.25. The normalized spacial score (nSPS) is 13.6. The van der Waals surface area contributed by atoms with Crippen molar-refractivity contribution in [1.29, 1.82) is 0 Å². The third kappa shape index (κ3) is 3.77. The van der Waals surface area contributed by atoms with Gasteiger partial charge in [-0.3, -0.25) is 14.5 Å². The molecular formula is C21H18N4O5. The molecule has 30 heavy (non-hydrogen) atoms. The molecule has 1 aliphatic heterocycles. The molecule has 0 radical (unpaired) electrons. The number of carbonyl (C=O) groups is 3. The summed E-state index contributed by atoms with van der Waals surface area (Å²) in [5.74, 6) is -0.693. The molecule has 4 rings (SSSR count). The Morgan fingerprint density at radius 3 is 2.73 bits per heavy atom. The molecule has 0 saturated carbocycles. The van der Waals surface area contributed by atoms with Gasteiger partial charge in [-0.2, -0.15) is 0 Å². The average Bonchev–Trinajstić information content (AvgIpc) is 3.05. The maximum absolute atomic E-state index is 12.4. The van der Waals surface area contributed by atoms with Crippen molar-refractivity contribution < 1.29 is 19.1 Å². The van der Waals surface area contributed by atoms with Crippen molar-refractivity contribution in [1.82, 2.24) is 20.2 Å². The molecule has 2 heterocycles. The second-order valence-corrected chi connectivity index (χ2v) is 6.90. The zero-order valence-electron chi connectivity index (χ0n) is 16.1. The van der Waals surface area contributed by atoms with Gasteiger partial charge in [0.05, 0.1) is 29.6 Å². The van der Waals surface area contributed by atoms with E-state index < -0.39 is 12.0 Å². The number of ether oxygens (including phenoxy) is 1. The number of aryl methyl sites for hydroxylation is 1. The molecule has 3 aromatic rings. The van der Waals surface area contributed by atoms with Crippen LogP contribution in [0.25, 0.3) is 10.9 Å². The molecular weight excluding hydrogens is 388 g/mol. The summed E-state index contributed by atoms with van der Waals surface area (Å²) in [6.45, 7) is 1.68. The smallest absolute Gasteiger partial charge is 0.338 e. The highest BCUT2D eigenvalue weighted by molar-refractivity contribution is 6.01. The fourth-order valence-electron chi connectivity index (χ4n) is 3.23. The van der Waals surface area contributed by atoms with Crippen LogP contribution in [0.1, 0.15) is 27.3 Å². The summed E-state index contributed by atoms with van der Waals surface area (Å²) in [6.07, 6.45) is 0. The summed E-state index contributed by atoms with van der Waals surface area (Å²) in [7, 11) is 0. The molecule has 1 aromatic heterocycles. The summed E-state index contributed by atoms with van der Waals surface area (Å²) in [6, 6.07) is 11.3. The quantitative estimate of drug-likeness (QED) is 0.491. The lowest BCUT2D eigenvalue weighted by Crippen LogP contribution is -2.30. The van der Waals surface area contributed by atoms with E-state index in [-0.39, 0.29) is 42.6 Å². The number of nitrogens with zero attached hydrogens (tertiary/aromatic N) is 2. The molecule has 1 aliphatic rings. The second-order valence-electron chi connectivity index (χ2n) is 6.90. The van der Waals surface area contributed by atoms with Crippen molar-refractivity contribution in [2.24, 2.45) is 0 Å². The predicted octanol–water partition coefficient (Wildman–Crippen LogP) is 1.64. The minimum atomic E-state index is -0.610. The van der Waals surface area contributed by atoms with Crippen LogP contribution >= 0.6 is 0 Å². The molecule has 2 N–H and O–H groups in total. The number of esters is 1. The Bertz CT molecular complexity index is 1220. The van der Waals surface area contributed by atoms with Gasteiger partial charge in [-0.25, -0.2) is 14.6 Å². The fraction of sp³-hybridized carbons (Fsp3) is 0.190. The Balaban J connectivity index is 1.48. The van der Waals surface area contributed by atoms with E-state index in [9.17, 15) is 19.2 Å². The molecule has 0 aliphatic carbocycles. The number of nitrogens with one attached hydrogen (secondary N) is 2. The number of carbonyl (C=O) groups excluding carboxylic acids is 3. The molecule has 1 saturated heterocycles. The van der Waals surface area contributed by atoms with Crippen molar-refractivity contribution in [3.63, 3.8) is 0 Å². The minimum absolute atomic E-state index is 0.0308. The highest BCUT2D eigenvalue weighted by Gasteiger charge is 2.28. The fourth-order valence-corrected chi connectivity index (χ4v) is 3.23. The molecule has 0 unspecified atom stereocenters. The molecule has 9 nitrogen and oxygen atoms in total. The maximum Gasteiger partial charge on any atom is 0.338 e. The van der Waals surface area contributed by atoms with Gasteiger partial charge in [0.25, 0.3) is 5.56 Å². The number of hydrogen-bond acceptors (Lipinski definition) is 6. The number of hydrogen-bond donors (Lipinski definition) is 2. The predicted molar refractivity (Wildman–Crippen MR) is 107 cm³/mol. The third-order valence-electron chi connectivity index (χ3n) is 4.77. The van der Waals surface area contributed by atoms with Crippen LogP contribution in [0.2, 0.25) is 0 Å². The first kappa shape index (κ1) is 19.3. The lowest BCUT2D eigenvalue weighted by atomic mass is 10.1. The Morgan fingerprint density at radius 2 is 1.97 bits per heavy atom. The van der Waals surface area contributed by atoms with Crippen LogP contribution < -0.4 is 10.9 Å². The van der Waals surface area contributed by atoms with E-state index in [1.165, 1.54) is 0 Å². The Labute approximate surface area is 170 Å². The highest BCUT2D eigenvalue weighted by Crippen LogP contribution is 2.14. The number of imide groups is 1. The number of para-hydroxylation sites is 1. The second kappa shape index (κ2) is 7.78. The van der Waals surface area contributed by atoms with Crippen molar-refractivity contribution in [2.75, 3.05) is 6.54 Å². The van der Waals surface area contributed by atoms with Crippen LogP contribution in [0, 0.1) is 6.92 Å². The first-order valence-electron chi connectivity index (χ1n) is 9.25. The van der Waals surface area contributed by atoms with Gasteiger partial charge in [-0.1, -0.05) is 24.3 Å². The lowest BCUT2D eigenvalue weighted by molar-refractivity contribution is -0.125. The number of amides is 3. The molecule has 152 valence electrons. The number of fused-ring (bicyclic) bond motifs is 1. The summed E-state index contributed by atoms with van der Waals surface area (Å²) in [4.78, 5) is 56.2. The van der Waals surface area contributed by atoms with E-state index in [1.54, 1.807) is 36.4 Å². The van der Waals surface area contributed by atoms with Gasteiger partial charge in [-0.05, 0) is 36.2 Å². The van der Waals surface area contributed by atoms with Crippen molar-refractivity contribution in [2.45, 2.75) is 20.1 Å². The zero-order chi connectivity index (χ0) is 21.3. The van der Waals surface area contributed by atoms with Gasteiger partial charge < -0.3 is 15.0 Å². The van der Waals surface area contributed by atoms with Gasteiger partial charge in [-0.15, -0.1) is 0 Å². The zero-order valence-corrected chi connectivity index (χ0v) is 16.1. The van der Waals surface area contributed by atoms with Gasteiger partial charge in [0.15, 0.2) is 0 Å². The van der Waals surface area contributed by atoms with Crippen molar-refractivity contribution in [3.05, 3.63) is 75.3 Å². The molecule has 2 aromatic carbocycles. The highest BCUT2D eigenvalue weighted by atomic mass is 16.5. The maximum atomic E-state index is 12.4. The Kier molecular flexibility index (Phi) is 5.01. The monoisotopic (exact) mass is 406 g/mol. The van der Waals surface area contributed by atoms with Crippen LogP contribution in [-0.2, 0) is 22.7 Å². The SMILES string of the molecule is Cc1cccc2c(=O)[nH]c(COC(=O)c3cccc(CN4C(=O)CNC4=O)c3)nc12. The van der Waals surface area contributed by atoms with E-state index in [0.29, 0.717) is 16.5 Å². The van der Waals surface area contributed by atoms with Gasteiger partial charge >= 0.3 is 12.0 Å². The topological polar surface area (TPSA) is 121 Å². The minimum Gasteiger partial charge on any atom is -0.454 e. The number of benzene rings is 2. The van der Waals surface area contributed by atoms with Crippen LogP contribution in [0.4, 0.5) is 4.79 Å². The van der Waals surface area contributed by atoms with E-state index >= 15 is 0 Å². The van der Waals surface area contributed by atoms with Crippen LogP contribution in [0.3, 0.4) is 0 Å². The molecule has 3 amide bonds. The molecule has 0 atom stereocenters. The number of aromatic amines is 1. The number of H-pyrrole nitrogens is 1. The Hall–Kier alpha value is -4.01. The lowest BCUT2D eigenvalue weighted by Gasteiger charge is -2.13.